The molecule has 6 rings (SSSR count). The lowest BCUT2D eigenvalue weighted by atomic mass is 9.43. The van der Waals surface area contributed by atoms with Crippen LogP contribution in [0, 0.1) is 40.4 Å². The monoisotopic (exact) mass is 407 g/mol. The summed E-state index contributed by atoms with van der Waals surface area (Å²) in [7, 11) is 3.52. The minimum Gasteiger partial charge on any atom is -0.392 e. The van der Waals surface area contributed by atoms with Gasteiger partial charge in [0, 0.05) is 61.8 Å². The number of fused-ring (bicyclic) bond motifs is 2. The number of rotatable bonds is 4. The fraction of sp³-hybridized carbons (Fsp3) is 1.00. The van der Waals surface area contributed by atoms with Crippen molar-refractivity contribution in [1.82, 2.24) is 4.90 Å². The van der Waals surface area contributed by atoms with Crippen LogP contribution in [0.2, 0.25) is 0 Å². The highest BCUT2D eigenvalue weighted by atomic mass is 16.5. The van der Waals surface area contributed by atoms with Gasteiger partial charge in [-0.3, -0.25) is 4.90 Å². The molecule has 1 saturated heterocycles. The Bertz CT molecular complexity index is 705. The maximum absolute atomic E-state index is 12.2. The van der Waals surface area contributed by atoms with Crippen LogP contribution in [0.3, 0.4) is 0 Å². The molecule has 6 aliphatic rings. The summed E-state index contributed by atoms with van der Waals surface area (Å²) in [5, 5.41) is 35.2. The number of hydrogen-bond acceptors (Lipinski definition) is 6. The number of hydrogen-bond donors (Lipinski definition) is 3. The minimum atomic E-state index is -0.901. The second kappa shape index (κ2) is 5.96. The molecule has 6 nitrogen and oxygen atoms in total. The molecule has 1 heterocycles. The van der Waals surface area contributed by atoms with E-state index >= 15 is 0 Å². The van der Waals surface area contributed by atoms with E-state index in [1.807, 2.05) is 0 Å². The third-order valence-corrected chi connectivity index (χ3v) is 10.9. The van der Waals surface area contributed by atoms with Crippen molar-refractivity contribution in [3.05, 3.63) is 0 Å². The van der Waals surface area contributed by atoms with Crippen LogP contribution in [0.4, 0.5) is 0 Å². The zero-order valence-electron chi connectivity index (χ0n) is 18.0. The summed E-state index contributed by atoms with van der Waals surface area (Å²) in [5.74, 6) is 0.553. The lowest BCUT2D eigenvalue weighted by Gasteiger charge is -2.69. The molecule has 0 aromatic heterocycles. The van der Waals surface area contributed by atoms with Gasteiger partial charge < -0.3 is 24.8 Å². The van der Waals surface area contributed by atoms with Crippen LogP contribution < -0.4 is 0 Å². The van der Waals surface area contributed by atoms with Crippen molar-refractivity contribution in [1.29, 1.82) is 0 Å². The molecule has 0 radical (unpaired) electrons. The van der Waals surface area contributed by atoms with Crippen molar-refractivity contribution in [2.75, 3.05) is 33.9 Å². The van der Waals surface area contributed by atoms with Crippen LogP contribution >= 0.6 is 0 Å². The van der Waals surface area contributed by atoms with Gasteiger partial charge in [-0.1, -0.05) is 6.92 Å². The predicted octanol–water partition coefficient (Wildman–Crippen LogP) is 0.877. The molecule has 6 fully saturated rings. The highest BCUT2D eigenvalue weighted by Crippen LogP contribution is 2.78. The average molecular weight is 408 g/mol. The number of likely N-dealkylation sites (tertiary alicyclic amines) is 1. The normalized spacial score (nSPS) is 62.5. The highest BCUT2D eigenvalue weighted by Gasteiger charge is 2.83. The lowest BCUT2D eigenvalue weighted by molar-refractivity contribution is -0.272. The summed E-state index contributed by atoms with van der Waals surface area (Å²) < 4.78 is 11.6. The molecule has 0 aromatic rings. The van der Waals surface area contributed by atoms with Crippen LogP contribution in [-0.4, -0.2) is 84.1 Å². The van der Waals surface area contributed by atoms with E-state index in [2.05, 4.69) is 11.8 Å². The third kappa shape index (κ3) is 1.93. The van der Waals surface area contributed by atoms with Gasteiger partial charge in [0.1, 0.15) is 0 Å². The Balaban J connectivity index is 1.57. The van der Waals surface area contributed by atoms with Gasteiger partial charge in [0.05, 0.1) is 30.5 Å². The third-order valence-electron chi connectivity index (χ3n) is 10.9. The van der Waals surface area contributed by atoms with E-state index in [1.165, 1.54) is 0 Å². The molecule has 29 heavy (non-hydrogen) atoms. The van der Waals surface area contributed by atoms with E-state index in [1.54, 1.807) is 14.2 Å². The van der Waals surface area contributed by atoms with Crippen LogP contribution in [0.15, 0.2) is 0 Å². The van der Waals surface area contributed by atoms with Gasteiger partial charge in [-0.05, 0) is 44.1 Å². The first-order valence-corrected chi connectivity index (χ1v) is 11.7. The van der Waals surface area contributed by atoms with Crippen molar-refractivity contribution in [3.63, 3.8) is 0 Å². The van der Waals surface area contributed by atoms with Crippen molar-refractivity contribution in [2.24, 2.45) is 40.4 Å². The number of nitrogens with zero attached hydrogens (tertiary/aromatic N) is 1. The highest BCUT2D eigenvalue weighted by molar-refractivity contribution is 5.33. The Hall–Kier alpha value is -0.240. The molecule has 1 spiro atoms. The maximum Gasteiger partial charge on any atom is 0.0771 e. The first-order chi connectivity index (χ1) is 13.9. The summed E-state index contributed by atoms with van der Waals surface area (Å²) in [6.07, 6.45) is 3.27. The van der Waals surface area contributed by atoms with Crippen LogP contribution in [-0.2, 0) is 9.47 Å². The molecule has 7 bridgehead atoms. The van der Waals surface area contributed by atoms with Gasteiger partial charge in [-0.2, -0.15) is 0 Å². The first kappa shape index (κ1) is 19.4. The Morgan fingerprint density at radius 3 is 2.62 bits per heavy atom. The topological polar surface area (TPSA) is 82.4 Å². The molecular weight excluding hydrogens is 370 g/mol. The van der Waals surface area contributed by atoms with Crippen LogP contribution in [0.25, 0.3) is 0 Å². The van der Waals surface area contributed by atoms with E-state index in [0.29, 0.717) is 12.3 Å². The summed E-state index contributed by atoms with van der Waals surface area (Å²) in [4.78, 5) is 2.57. The van der Waals surface area contributed by atoms with E-state index in [9.17, 15) is 15.3 Å². The largest absolute Gasteiger partial charge is 0.392 e. The van der Waals surface area contributed by atoms with Crippen molar-refractivity contribution >= 4 is 0 Å². The predicted molar refractivity (Wildman–Crippen MR) is 106 cm³/mol. The fourth-order valence-electron chi connectivity index (χ4n) is 10.4. The van der Waals surface area contributed by atoms with Crippen molar-refractivity contribution in [2.45, 2.75) is 69.0 Å². The quantitative estimate of drug-likeness (QED) is 0.642. The molecule has 0 unspecified atom stereocenters. The maximum atomic E-state index is 12.2. The number of piperidine rings is 1. The molecule has 5 aliphatic carbocycles. The van der Waals surface area contributed by atoms with Crippen molar-refractivity contribution in [3.8, 4) is 0 Å². The summed E-state index contributed by atoms with van der Waals surface area (Å²) in [5.41, 5.74) is -1.08. The van der Waals surface area contributed by atoms with Crippen LogP contribution in [0.1, 0.15) is 39.0 Å². The van der Waals surface area contributed by atoms with Gasteiger partial charge >= 0.3 is 0 Å². The zero-order chi connectivity index (χ0) is 20.3. The second-order valence-electron chi connectivity index (χ2n) is 11.2. The van der Waals surface area contributed by atoms with E-state index < -0.39 is 11.7 Å². The van der Waals surface area contributed by atoms with Gasteiger partial charge in [-0.25, -0.2) is 0 Å². The summed E-state index contributed by atoms with van der Waals surface area (Å²) in [6, 6.07) is 0.200. The molecule has 0 amide bonds. The Morgan fingerprint density at radius 1 is 1.14 bits per heavy atom. The van der Waals surface area contributed by atoms with Crippen molar-refractivity contribution < 1.29 is 24.8 Å². The Morgan fingerprint density at radius 2 is 1.93 bits per heavy atom. The lowest BCUT2D eigenvalue weighted by Crippen LogP contribution is -2.76. The standard InChI is InChI=1S/C23H37NO5/c1-4-24-10-21(11-28-2)6-5-17(25)23-13-7-12-15(29-3)9-22(27,18(13)19(12)26)14(20(23)24)8-16(21)23/h12-20,25-27H,4-11H2,1-3H3/t12-,13-,14+,15+,16-,17-,18-,19+,20-,21+,22+,23-/m0/s1. The molecule has 6 heteroatoms. The number of ether oxygens (including phenoxy) is 2. The molecule has 1 aliphatic heterocycles. The molecule has 5 saturated carbocycles. The number of aliphatic hydroxyl groups is 3. The van der Waals surface area contributed by atoms with Gasteiger partial charge in [0.25, 0.3) is 0 Å². The molecular formula is C23H37NO5. The fourth-order valence-corrected chi connectivity index (χ4v) is 10.4. The van der Waals surface area contributed by atoms with E-state index in [0.717, 1.165) is 45.4 Å². The van der Waals surface area contributed by atoms with Gasteiger partial charge in [0.2, 0.25) is 0 Å². The first-order valence-electron chi connectivity index (χ1n) is 11.7. The molecule has 12 atom stereocenters. The molecule has 164 valence electrons. The summed E-state index contributed by atoms with van der Waals surface area (Å²) in [6.45, 7) is 4.88. The smallest absolute Gasteiger partial charge is 0.0771 e. The van der Waals surface area contributed by atoms with E-state index in [4.69, 9.17) is 9.47 Å². The SMILES string of the molecule is CCN1C[C@@]2(COC)CC[C@H](O)[C@@]34[C@@H]1[C@@H](C[C@@H]23)[C@]1(O)C[C@@H](OC)[C@@H]2C[C@H]4[C@H]1[C@@H]2O. The van der Waals surface area contributed by atoms with Gasteiger partial charge in [-0.15, -0.1) is 0 Å². The Labute approximate surface area is 173 Å². The number of aliphatic hydroxyl groups excluding tert-OH is 2. The molecule has 0 aromatic carbocycles. The zero-order valence-corrected chi connectivity index (χ0v) is 18.0. The minimum absolute atomic E-state index is 0.0495. The Kier molecular flexibility index (Phi) is 4.00. The van der Waals surface area contributed by atoms with Gasteiger partial charge in [0.15, 0.2) is 0 Å². The van der Waals surface area contributed by atoms with E-state index in [-0.39, 0.29) is 52.8 Å². The second-order valence-corrected chi connectivity index (χ2v) is 11.2. The average Bonchev–Trinajstić information content (AvgIpc) is 3.13. The number of methoxy groups -OCH3 is 2. The summed E-state index contributed by atoms with van der Waals surface area (Å²) >= 11 is 0. The van der Waals surface area contributed by atoms with Crippen LogP contribution in [0.5, 0.6) is 0 Å². The molecule has 3 N–H and O–H groups in total.